The summed E-state index contributed by atoms with van der Waals surface area (Å²) in [4.78, 5) is 11.1. The zero-order valence-electron chi connectivity index (χ0n) is 11.0. The lowest BCUT2D eigenvalue weighted by molar-refractivity contribution is 0.1000. The van der Waals surface area contributed by atoms with Gasteiger partial charge in [0.2, 0.25) is 5.91 Å². The Morgan fingerprint density at radius 2 is 1.90 bits per heavy atom. The third kappa shape index (κ3) is 3.62. The van der Waals surface area contributed by atoms with Crippen molar-refractivity contribution >= 4 is 32.0 Å². The van der Waals surface area contributed by atoms with Crippen LogP contribution in [0.1, 0.15) is 15.9 Å². The summed E-state index contributed by atoms with van der Waals surface area (Å²) in [6.07, 6.45) is 0. The number of amides is 1. The molecule has 2 aromatic rings. The summed E-state index contributed by atoms with van der Waals surface area (Å²) in [5, 5.41) is 0. The quantitative estimate of drug-likeness (QED) is 0.839. The van der Waals surface area contributed by atoms with Crippen molar-refractivity contribution in [1.29, 1.82) is 0 Å². The van der Waals surface area contributed by atoms with Crippen LogP contribution in [-0.2, 0) is 10.1 Å². The van der Waals surface area contributed by atoms with Crippen molar-refractivity contribution in [2.24, 2.45) is 5.73 Å². The Balaban J connectivity index is 2.35. The number of halogens is 1. The summed E-state index contributed by atoms with van der Waals surface area (Å²) in [6, 6.07) is 10.3. The molecule has 2 aromatic carbocycles. The molecule has 5 nitrogen and oxygen atoms in total. The van der Waals surface area contributed by atoms with E-state index < -0.39 is 16.0 Å². The van der Waals surface area contributed by atoms with Gasteiger partial charge in [-0.25, -0.2) is 0 Å². The number of rotatable bonds is 4. The predicted molar refractivity (Wildman–Crippen MR) is 81.7 cm³/mol. The average molecular weight is 370 g/mol. The third-order valence-corrected chi connectivity index (χ3v) is 4.88. The molecule has 0 heterocycles. The van der Waals surface area contributed by atoms with Gasteiger partial charge in [-0.15, -0.1) is 0 Å². The Bertz CT molecular complexity index is 802. The van der Waals surface area contributed by atoms with E-state index in [0.29, 0.717) is 0 Å². The maximum Gasteiger partial charge on any atom is 0.339 e. The van der Waals surface area contributed by atoms with Gasteiger partial charge in [0.1, 0.15) is 10.6 Å². The van der Waals surface area contributed by atoms with Crippen molar-refractivity contribution < 1.29 is 17.4 Å². The molecule has 2 N–H and O–H groups in total. The normalized spacial score (nSPS) is 11.1. The largest absolute Gasteiger partial charge is 0.379 e. The Morgan fingerprint density at radius 1 is 1.19 bits per heavy atom. The van der Waals surface area contributed by atoms with Crippen molar-refractivity contribution in [3.63, 3.8) is 0 Å². The van der Waals surface area contributed by atoms with Crippen LogP contribution in [0.4, 0.5) is 0 Å². The van der Waals surface area contributed by atoms with Crippen LogP contribution in [0.3, 0.4) is 0 Å². The third-order valence-electron chi connectivity index (χ3n) is 2.74. The average Bonchev–Trinajstić information content (AvgIpc) is 2.41. The van der Waals surface area contributed by atoms with Gasteiger partial charge in [-0.2, -0.15) is 8.42 Å². The van der Waals surface area contributed by atoms with Gasteiger partial charge < -0.3 is 9.92 Å². The highest BCUT2D eigenvalue weighted by Crippen LogP contribution is 2.23. The van der Waals surface area contributed by atoms with Crippen LogP contribution >= 0.6 is 15.9 Å². The van der Waals surface area contributed by atoms with E-state index in [4.69, 9.17) is 9.92 Å². The molecular weight excluding hydrogens is 358 g/mol. The summed E-state index contributed by atoms with van der Waals surface area (Å²) in [6.45, 7) is 1.77. The second-order valence-electron chi connectivity index (χ2n) is 4.34. The van der Waals surface area contributed by atoms with Crippen molar-refractivity contribution in [2.45, 2.75) is 11.8 Å². The molecule has 0 spiro atoms. The first-order valence-corrected chi connectivity index (χ1v) is 8.10. The number of nitrogens with two attached hydrogens (primary N) is 1. The first-order valence-electron chi connectivity index (χ1n) is 5.90. The lowest BCUT2D eigenvalue weighted by atomic mass is 10.2. The van der Waals surface area contributed by atoms with E-state index in [1.54, 1.807) is 13.0 Å². The lowest BCUT2D eigenvalue weighted by Gasteiger charge is -2.09. The van der Waals surface area contributed by atoms with Gasteiger partial charge in [-0.3, -0.25) is 4.79 Å². The Hall–Kier alpha value is -1.86. The monoisotopic (exact) mass is 369 g/mol. The fourth-order valence-electron chi connectivity index (χ4n) is 1.65. The van der Waals surface area contributed by atoms with Gasteiger partial charge in [0.25, 0.3) is 0 Å². The number of carbonyl (C=O) groups excluding carboxylic acids is 1. The van der Waals surface area contributed by atoms with Crippen molar-refractivity contribution in [2.75, 3.05) is 0 Å². The molecule has 0 saturated heterocycles. The van der Waals surface area contributed by atoms with Crippen LogP contribution in [0.2, 0.25) is 0 Å². The molecule has 0 fully saturated rings. The number of hydrogen-bond acceptors (Lipinski definition) is 4. The number of hydrogen-bond donors (Lipinski definition) is 1. The smallest absolute Gasteiger partial charge is 0.339 e. The van der Waals surface area contributed by atoms with E-state index >= 15 is 0 Å². The zero-order chi connectivity index (χ0) is 15.6. The fourth-order valence-corrected chi connectivity index (χ4v) is 2.90. The summed E-state index contributed by atoms with van der Waals surface area (Å²) in [5.41, 5.74) is 6.09. The molecule has 0 saturated carbocycles. The SMILES string of the molecule is Cc1cc(S(=O)(=O)Oc2cccc(C(N)=O)c2)ccc1Br. The molecule has 0 radical (unpaired) electrons. The van der Waals surface area contributed by atoms with E-state index in [-0.39, 0.29) is 16.2 Å². The maximum absolute atomic E-state index is 12.2. The minimum Gasteiger partial charge on any atom is -0.379 e. The van der Waals surface area contributed by atoms with Crippen LogP contribution in [0.15, 0.2) is 51.8 Å². The first-order chi connectivity index (χ1) is 9.79. The minimum absolute atomic E-state index is 0.0341. The lowest BCUT2D eigenvalue weighted by Crippen LogP contribution is -2.13. The van der Waals surface area contributed by atoms with Crippen LogP contribution < -0.4 is 9.92 Å². The molecule has 110 valence electrons. The highest BCUT2D eigenvalue weighted by molar-refractivity contribution is 9.10. The molecule has 0 aliphatic carbocycles. The van der Waals surface area contributed by atoms with E-state index in [2.05, 4.69) is 15.9 Å². The van der Waals surface area contributed by atoms with Gasteiger partial charge in [-0.05, 0) is 48.9 Å². The second-order valence-corrected chi connectivity index (χ2v) is 6.74. The Morgan fingerprint density at radius 3 is 2.52 bits per heavy atom. The molecule has 7 heteroatoms. The summed E-state index contributed by atoms with van der Waals surface area (Å²) < 4.78 is 30.2. The van der Waals surface area contributed by atoms with Crippen LogP contribution in [-0.4, -0.2) is 14.3 Å². The number of aryl methyl sites for hydroxylation is 1. The van der Waals surface area contributed by atoms with Gasteiger partial charge in [0.05, 0.1) is 0 Å². The first kappa shape index (κ1) is 15.5. The van der Waals surface area contributed by atoms with Gasteiger partial charge >= 0.3 is 10.1 Å². The Labute approximate surface area is 131 Å². The van der Waals surface area contributed by atoms with Crippen molar-refractivity contribution in [3.8, 4) is 5.75 Å². The number of primary amides is 1. The number of benzene rings is 2. The summed E-state index contributed by atoms with van der Waals surface area (Å²) in [5.74, 6) is -0.621. The molecular formula is C14H12BrNO4S. The molecule has 1 amide bonds. The van der Waals surface area contributed by atoms with E-state index in [9.17, 15) is 13.2 Å². The fraction of sp³-hybridized carbons (Fsp3) is 0.0714. The molecule has 0 unspecified atom stereocenters. The molecule has 21 heavy (non-hydrogen) atoms. The topological polar surface area (TPSA) is 86.5 Å². The van der Waals surface area contributed by atoms with Crippen molar-refractivity contribution in [1.82, 2.24) is 0 Å². The van der Waals surface area contributed by atoms with Crippen molar-refractivity contribution in [3.05, 3.63) is 58.1 Å². The molecule has 0 aliphatic rings. The molecule has 0 bridgehead atoms. The van der Waals surface area contributed by atoms with Gasteiger partial charge in [0.15, 0.2) is 0 Å². The molecule has 0 aromatic heterocycles. The minimum atomic E-state index is -3.97. The number of carbonyl (C=O) groups is 1. The standard InChI is InChI=1S/C14H12BrNO4S/c1-9-7-12(5-6-13(9)15)21(18,19)20-11-4-2-3-10(8-11)14(16)17/h2-8H,1H3,(H2,16,17). The van der Waals surface area contributed by atoms with E-state index in [0.717, 1.165) is 10.0 Å². The highest BCUT2D eigenvalue weighted by atomic mass is 79.9. The predicted octanol–water partition coefficient (Wildman–Crippen LogP) is 2.62. The van der Waals surface area contributed by atoms with Gasteiger partial charge in [0, 0.05) is 10.0 Å². The van der Waals surface area contributed by atoms with E-state index in [1.807, 2.05) is 0 Å². The van der Waals surface area contributed by atoms with Gasteiger partial charge in [-0.1, -0.05) is 22.0 Å². The van der Waals surface area contributed by atoms with Crippen LogP contribution in [0.5, 0.6) is 5.75 Å². The second kappa shape index (κ2) is 5.87. The molecule has 2 rings (SSSR count). The van der Waals surface area contributed by atoms with E-state index in [1.165, 1.54) is 36.4 Å². The molecule has 0 aliphatic heterocycles. The highest BCUT2D eigenvalue weighted by Gasteiger charge is 2.18. The zero-order valence-corrected chi connectivity index (χ0v) is 13.4. The maximum atomic E-state index is 12.2. The summed E-state index contributed by atoms with van der Waals surface area (Å²) in [7, 11) is -3.97. The molecule has 0 atom stereocenters. The van der Waals surface area contributed by atoms with Crippen LogP contribution in [0.25, 0.3) is 0 Å². The Kier molecular flexibility index (Phi) is 4.34. The summed E-state index contributed by atoms with van der Waals surface area (Å²) >= 11 is 3.30. The van der Waals surface area contributed by atoms with Crippen LogP contribution in [0, 0.1) is 6.92 Å².